The maximum Gasteiger partial charge on any atom is 0.270 e. The molecule has 0 aliphatic heterocycles. The number of ketones is 1. The Bertz CT molecular complexity index is 1250. The molecule has 2 aromatic carbocycles. The summed E-state index contributed by atoms with van der Waals surface area (Å²) in [4.78, 5) is 28.9. The number of aromatic nitrogens is 1. The van der Waals surface area contributed by atoms with Gasteiger partial charge in [0.25, 0.3) is 5.69 Å². The van der Waals surface area contributed by atoms with Gasteiger partial charge in [0.1, 0.15) is 15.5 Å². The fourth-order valence-corrected chi connectivity index (χ4v) is 4.04. The Morgan fingerprint density at radius 2 is 1.90 bits per heavy atom. The summed E-state index contributed by atoms with van der Waals surface area (Å²) >= 11 is 1.18. The van der Waals surface area contributed by atoms with Crippen molar-refractivity contribution >= 4 is 38.7 Å². The molecule has 0 saturated heterocycles. The normalized spacial score (nSPS) is 10.8. The van der Waals surface area contributed by atoms with Gasteiger partial charge in [-0.3, -0.25) is 14.9 Å². The summed E-state index contributed by atoms with van der Waals surface area (Å²) < 4.78 is 5.17. The van der Waals surface area contributed by atoms with Crippen LogP contribution in [0.3, 0.4) is 0 Å². The zero-order valence-corrected chi connectivity index (χ0v) is 16.1. The number of rotatable bonds is 5. The molecule has 2 N–H and O–H groups in total. The SMILES string of the molecule is COc1ccc(-c2ccc3c(N)c(C(=O)c4cccc([N+](=O)[O-])c4)sc3n2)cc1. The van der Waals surface area contributed by atoms with Crippen molar-refractivity contribution in [2.24, 2.45) is 0 Å². The molecule has 4 rings (SSSR count). The van der Waals surface area contributed by atoms with E-state index in [9.17, 15) is 14.9 Å². The van der Waals surface area contributed by atoms with Crippen LogP contribution in [0.15, 0.2) is 60.7 Å². The third-order valence-electron chi connectivity index (χ3n) is 4.50. The Kier molecular flexibility index (Phi) is 4.69. The van der Waals surface area contributed by atoms with E-state index in [1.54, 1.807) is 7.11 Å². The number of nitro benzene ring substituents is 1. The largest absolute Gasteiger partial charge is 0.497 e. The number of hydrogen-bond acceptors (Lipinski definition) is 7. The van der Waals surface area contributed by atoms with Crippen LogP contribution in [-0.4, -0.2) is 22.8 Å². The van der Waals surface area contributed by atoms with Crippen LogP contribution in [-0.2, 0) is 0 Å². The zero-order chi connectivity index (χ0) is 20.5. The molecule has 0 aliphatic carbocycles. The molecule has 0 aliphatic rings. The first-order valence-electron chi connectivity index (χ1n) is 8.60. The Labute approximate surface area is 169 Å². The Balaban J connectivity index is 1.74. The van der Waals surface area contributed by atoms with Gasteiger partial charge in [-0.1, -0.05) is 12.1 Å². The molecule has 0 saturated carbocycles. The average Bonchev–Trinajstić information content (AvgIpc) is 3.09. The number of nitrogens with two attached hydrogens (primary N) is 1. The Morgan fingerprint density at radius 3 is 2.59 bits per heavy atom. The molecular weight excluding hydrogens is 390 g/mol. The van der Waals surface area contributed by atoms with E-state index in [-0.39, 0.29) is 17.0 Å². The monoisotopic (exact) mass is 405 g/mol. The maximum atomic E-state index is 12.9. The molecule has 29 heavy (non-hydrogen) atoms. The van der Waals surface area contributed by atoms with Crippen molar-refractivity contribution < 1.29 is 14.5 Å². The number of benzene rings is 2. The smallest absolute Gasteiger partial charge is 0.270 e. The Hall–Kier alpha value is -3.78. The van der Waals surface area contributed by atoms with E-state index < -0.39 is 4.92 Å². The summed E-state index contributed by atoms with van der Waals surface area (Å²) in [7, 11) is 1.60. The van der Waals surface area contributed by atoms with Gasteiger partial charge in [-0.15, -0.1) is 11.3 Å². The minimum Gasteiger partial charge on any atom is -0.497 e. The van der Waals surface area contributed by atoms with Crippen LogP contribution in [0.5, 0.6) is 5.75 Å². The summed E-state index contributed by atoms with van der Waals surface area (Å²) in [5.41, 5.74) is 8.26. The predicted molar refractivity (Wildman–Crippen MR) is 113 cm³/mol. The second-order valence-corrected chi connectivity index (χ2v) is 7.26. The van der Waals surface area contributed by atoms with E-state index in [1.807, 2.05) is 36.4 Å². The highest BCUT2D eigenvalue weighted by Gasteiger charge is 2.21. The van der Waals surface area contributed by atoms with E-state index in [4.69, 9.17) is 10.5 Å². The molecule has 0 unspecified atom stereocenters. The fourth-order valence-electron chi connectivity index (χ4n) is 2.98. The number of hydrogen-bond donors (Lipinski definition) is 1. The average molecular weight is 405 g/mol. The summed E-state index contributed by atoms with van der Waals surface area (Å²) in [6.07, 6.45) is 0. The first-order chi connectivity index (χ1) is 14.0. The Morgan fingerprint density at radius 1 is 1.14 bits per heavy atom. The third-order valence-corrected chi connectivity index (χ3v) is 5.62. The lowest BCUT2D eigenvalue weighted by molar-refractivity contribution is -0.384. The number of methoxy groups -OCH3 is 1. The number of nitrogen functional groups attached to an aromatic ring is 1. The van der Waals surface area contributed by atoms with Gasteiger partial charge in [-0.2, -0.15) is 0 Å². The molecule has 0 bridgehead atoms. The van der Waals surface area contributed by atoms with Crippen LogP contribution in [0.1, 0.15) is 15.2 Å². The van der Waals surface area contributed by atoms with Crippen molar-refractivity contribution in [2.45, 2.75) is 0 Å². The molecule has 0 atom stereocenters. The zero-order valence-electron chi connectivity index (χ0n) is 15.3. The van der Waals surface area contributed by atoms with Gasteiger partial charge in [0.15, 0.2) is 0 Å². The van der Waals surface area contributed by atoms with Gasteiger partial charge in [0.05, 0.1) is 23.4 Å². The van der Waals surface area contributed by atoms with Crippen LogP contribution in [0, 0.1) is 10.1 Å². The van der Waals surface area contributed by atoms with Crippen LogP contribution >= 0.6 is 11.3 Å². The standard InChI is InChI=1S/C21H15N3O4S/c1-28-15-7-5-12(6-8-15)17-10-9-16-18(22)20(29-21(16)23-17)19(25)13-3-2-4-14(11-13)24(26)27/h2-11H,22H2,1H3. The second-order valence-electron chi connectivity index (χ2n) is 6.26. The van der Waals surface area contributed by atoms with E-state index in [0.717, 1.165) is 17.0 Å². The summed E-state index contributed by atoms with van der Waals surface area (Å²) in [5.74, 6) is 0.389. The topological polar surface area (TPSA) is 108 Å². The molecule has 4 aromatic rings. The summed E-state index contributed by atoms with van der Waals surface area (Å²) in [5, 5.41) is 11.7. The quantitative estimate of drug-likeness (QED) is 0.293. The van der Waals surface area contributed by atoms with Gasteiger partial charge in [-0.25, -0.2) is 4.98 Å². The number of anilines is 1. The van der Waals surface area contributed by atoms with Crippen molar-refractivity contribution in [1.29, 1.82) is 0 Å². The number of non-ortho nitro benzene ring substituents is 1. The van der Waals surface area contributed by atoms with E-state index in [2.05, 4.69) is 4.98 Å². The molecule has 0 spiro atoms. The first kappa shape index (κ1) is 18.6. The molecule has 0 fully saturated rings. The molecule has 0 amide bonds. The van der Waals surface area contributed by atoms with Crippen LogP contribution < -0.4 is 10.5 Å². The number of thiophene rings is 1. The number of carbonyl (C=O) groups is 1. The van der Waals surface area contributed by atoms with Gasteiger partial charge >= 0.3 is 0 Å². The molecule has 2 aromatic heterocycles. The maximum absolute atomic E-state index is 12.9. The number of nitro groups is 1. The number of ether oxygens (including phenoxy) is 1. The highest BCUT2D eigenvalue weighted by molar-refractivity contribution is 7.21. The molecule has 8 heteroatoms. The van der Waals surface area contributed by atoms with Gasteiger partial charge in [-0.05, 0) is 36.4 Å². The minimum absolute atomic E-state index is 0.143. The predicted octanol–water partition coefficient (Wildman–Crippen LogP) is 4.69. The summed E-state index contributed by atoms with van der Waals surface area (Å²) in [6, 6.07) is 16.8. The van der Waals surface area contributed by atoms with Crippen molar-refractivity contribution in [3.05, 3.63) is 81.2 Å². The third kappa shape index (κ3) is 3.41. The number of nitrogens with zero attached hydrogens (tertiary/aromatic N) is 2. The molecule has 0 radical (unpaired) electrons. The van der Waals surface area contributed by atoms with Crippen molar-refractivity contribution in [3.63, 3.8) is 0 Å². The lowest BCUT2D eigenvalue weighted by Gasteiger charge is -2.03. The van der Waals surface area contributed by atoms with Crippen LogP contribution in [0.2, 0.25) is 0 Å². The van der Waals surface area contributed by atoms with Crippen LogP contribution in [0.4, 0.5) is 11.4 Å². The van der Waals surface area contributed by atoms with Crippen LogP contribution in [0.25, 0.3) is 21.5 Å². The lowest BCUT2D eigenvalue weighted by Crippen LogP contribution is -2.02. The lowest BCUT2D eigenvalue weighted by atomic mass is 10.1. The molecular formula is C21H15N3O4S. The van der Waals surface area contributed by atoms with Gasteiger partial charge in [0, 0.05) is 28.6 Å². The number of fused-ring (bicyclic) bond motifs is 1. The highest BCUT2D eigenvalue weighted by atomic mass is 32.1. The molecule has 144 valence electrons. The van der Waals surface area contributed by atoms with E-state index >= 15 is 0 Å². The second kappa shape index (κ2) is 7.33. The van der Waals surface area contributed by atoms with E-state index in [1.165, 1.54) is 35.6 Å². The molecule has 7 nitrogen and oxygen atoms in total. The first-order valence-corrected chi connectivity index (χ1v) is 9.42. The highest BCUT2D eigenvalue weighted by Crippen LogP contribution is 2.36. The number of carbonyl (C=O) groups excluding carboxylic acids is 1. The van der Waals surface area contributed by atoms with Gasteiger partial charge in [0.2, 0.25) is 5.78 Å². The van der Waals surface area contributed by atoms with Crippen molar-refractivity contribution in [1.82, 2.24) is 4.98 Å². The number of pyridine rings is 1. The molecule has 2 heterocycles. The van der Waals surface area contributed by atoms with E-state index in [0.29, 0.717) is 20.8 Å². The minimum atomic E-state index is -0.534. The van der Waals surface area contributed by atoms with Crippen molar-refractivity contribution in [3.8, 4) is 17.0 Å². The van der Waals surface area contributed by atoms with Crippen molar-refractivity contribution in [2.75, 3.05) is 12.8 Å². The summed E-state index contributed by atoms with van der Waals surface area (Å²) in [6.45, 7) is 0. The fraction of sp³-hybridized carbons (Fsp3) is 0.0476. The van der Waals surface area contributed by atoms with Gasteiger partial charge < -0.3 is 10.5 Å².